The molecule has 3 fully saturated rings. The Bertz CT molecular complexity index is 1010. The summed E-state index contributed by atoms with van der Waals surface area (Å²) in [7, 11) is 0. The minimum absolute atomic E-state index is 0.0911. The number of hydrogen-bond donors (Lipinski definition) is 1. The Hall–Kier alpha value is -1.42. The lowest BCUT2D eigenvalue weighted by Gasteiger charge is -2.60. The molecule has 1 aromatic carbocycles. The molecule has 4 heteroatoms. The molecular weight excluding hydrogens is 456 g/mol. The third kappa shape index (κ3) is 4.26. The van der Waals surface area contributed by atoms with Crippen LogP contribution in [0.1, 0.15) is 77.7 Å². The highest BCUT2D eigenvalue weighted by atomic mass is 35.5. The monoisotopic (exact) mass is 496 g/mol. The van der Waals surface area contributed by atoms with Gasteiger partial charge in [0.05, 0.1) is 6.61 Å². The van der Waals surface area contributed by atoms with Gasteiger partial charge in [0.25, 0.3) is 0 Å². The summed E-state index contributed by atoms with van der Waals surface area (Å²) in [6.07, 6.45) is 12.2. The average molecular weight is 497 g/mol. The number of hydrogen-bond acceptors (Lipinski definition) is 3. The first-order valence-electron chi connectivity index (χ1n) is 13.5. The van der Waals surface area contributed by atoms with Gasteiger partial charge in [0.1, 0.15) is 5.78 Å². The Balaban J connectivity index is 1.41. The molecule has 3 nitrogen and oxygen atoms in total. The molecule has 8 unspecified atom stereocenters. The fourth-order valence-electron chi connectivity index (χ4n) is 8.79. The highest BCUT2D eigenvalue weighted by molar-refractivity contribution is 6.30. The van der Waals surface area contributed by atoms with Gasteiger partial charge in [-0.25, -0.2) is 0 Å². The first kappa shape index (κ1) is 25.2. The van der Waals surface area contributed by atoms with Gasteiger partial charge >= 0.3 is 0 Å². The molecule has 0 spiro atoms. The third-order valence-corrected chi connectivity index (χ3v) is 10.9. The second kappa shape index (κ2) is 9.15. The SMILES string of the molecule is C=CCC1C=C2CC(O)(OCc3ccc(Cl)cc3)CCC2(C)C2CCC3(C)C(C(C)=O)CCC3C12. The summed E-state index contributed by atoms with van der Waals surface area (Å²) in [5.74, 6) is 1.67. The van der Waals surface area contributed by atoms with E-state index in [4.69, 9.17) is 16.3 Å². The normalized spacial score (nSPS) is 42.4. The third-order valence-electron chi connectivity index (χ3n) is 10.6. The average Bonchev–Trinajstić information content (AvgIpc) is 3.17. The number of ketones is 1. The molecule has 1 N–H and O–H groups in total. The highest BCUT2D eigenvalue weighted by Gasteiger charge is 2.62. The molecule has 8 atom stereocenters. The van der Waals surface area contributed by atoms with Gasteiger partial charge in [-0.15, -0.1) is 6.58 Å². The fraction of sp³-hybridized carbons (Fsp3) is 0.645. The van der Waals surface area contributed by atoms with Crippen LogP contribution >= 0.6 is 11.6 Å². The fourth-order valence-corrected chi connectivity index (χ4v) is 8.91. The summed E-state index contributed by atoms with van der Waals surface area (Å²) in [5, 5.41) is 12.2. The number of Topliss-reactive ketones (excluding diaryl/α,β-unsaturated/α-hetero) is 1. The molecule has 0 radical (unpaired) electrons. The minimum Gasteiger partial charge on any atom is -0.365 e. The zero-order valence-corrected chi connectivity index (χ0v) is 22.3. The molecule has 0 saturated heterocycles. The van der Waals surface area contributed by atoms with Crippen LogP contribution in [-0.2, 0) is 16.1 Å². The molecule has 1 aromatic rings. The second-order valence-corrected chi connectivity index (χ2v) is 12.8. The maximum atomic E-state index is 12.5. The molecule has 190 valence electrons. The van der Waals surface area contributed by atoms with Crippen molar-refractivity contribution in [1.29, 1.82) is 0 Å². The van der Waals surface area contributed by atoms with Crippen LogP contribution in [0.4, 0.5) is 0 Å². The molecule has 5 rings (SSSR count). The van der Waals surface area contributed by atoms with E-state index in [2.05, 4.69) is 32.6 Å². The van der Waals surface area contributed by atoms with Crippen molar-refractivity contribution in [1.82, 2.24) is 0 Å². The number of carbonyl (C=O) groups is 1. The number of carbonyl (C=O) groups excluding carboxylic acids is 1. The van der Waals surface area contributed by atoms with Gasteiger partial charge in [-0.3, -0.25) is 4.79 Å². The van der Waals surface area contributed by atoms with Gasteiger partial charge in [-0.2, -0.15) is 0 Å². The molecule has 4 aliphatic carbocycles. The zero-order chi connectivity index (χ0) is 25.0. The summed E-state index contributed by atoms with van der Waals surface area (Å²) in [4.78, 5) is 12.5. The molecule has 0 heterocycles. The lowest BCUT2D eigenvalue weighted by Crippen LogP contribution is -2.55. The van der Waals surface area contributed by atoms with Crippen LogP contribution in [0.3, 0.4) is 0 Å². The predicted molar refractivity (Wildman–Crippen MR) is 141 cm³/mol. The Labute approximate surface area is 216 Å². The summed E-state index contributed by atoms with van der Waals surface area (Å²) in [6.45, 7) is 11.1. The Morgan fingerprint density at radius 2 is 1.89 bits per heavy atom. The van der Waals surface area contributed by atoms with E-state index in [1.165, 1.54) is 18.4 Å². The number of aliphatic hydroxyl groups is 1. The second-order valence-electron chi connectivity index (χ2n) is 12.4. The molecule has 4 aliphatic rings. The number of ether oxygens (including phenoxy) is 1. The molecule has 0 aromatic heterocycles. The van der Waals surface area contributed by atoms with Crippen molar-refractivity contribution in [3.8, 4) is 0 Å². The van der Waals surface area contributed by atoms with Gasteiger partial charge in [-0.05, 0) is 97.6 Å². The first-order chi connectivity index (χ1) is 16.6. The van der Waals surface area contributed by atoms with Crippen molar-refractivity contribution in [2.75, 3.05) is 0 Å². The van der Waals surface area contributed by atoms with Crippen molar-refractivity contribution in [3.05, 3.63) is 59.2 Å². The predicted octanol–water partition coefficient (Wildman–Crippen LogP) is 7.52. The smallest absolute Gasteiger partial charge is 0.169 e. The quantitative estimate of drug-likeness (QED) is 0.327. The van der Waals surface area contributed by atoms with Crippen molar-refractivity contribution in [2.45, 2.75) is 84.5 Å². The lowest BCUT2D eigenvalue weighted by atomic mass is 9.45. The number of fused-ring (bicyclic) bond motifs is 5. The van der Waals surface area contributed by atoms with Crippen LogP contribution in [0.2, 0.25) is 5.02 Å². The molecule has 0 aliphatic heterocycles. The largest absolute Gasteiger partial charge is 0.365 e. The van der Waals surface area contributed by atoms with Crippen LogP contribution in [0.5, 0.6) is 0 Å². The van der Waals surface area contributed by atoms with E-state index in [0.29, 0.717) is 53.9 Å². The van der Waals surface area contributed by atoms with Gasteiger partial charge in [0.15, 0.2) is 5.79 Å². The van der Waals surface area contributed by atoms with Crippen LogP contribution in [-0.4, -0.2) is 16.7 Å². The zero-order valence-electron chi connectivity index (χ0n) is 21.6. The van der Waals surface area contributed by atoms with E-state index in [1.807, 2.05) is 24.3 Å². The standard InChI is InChI=1S/C31H41ClO3/c1-5-6-22-17-23-18-31(34,35-19-21-7-9-24(32)10-8-21)16-15-29(23,3)27-13-14-30(4)25(20(2)33)11-12-26(30)28(22)27/h5,7-10,17,22,25-28,34H,1,6,11-16,18-19H2,2-4H3. The molecule has 0 amide bonds. The Morgan fingerprint density at radius 3 is 2.57 bits per heavy atom. The highest BCUT2D eigenvalue weighted by Crippen LogP contribution is 2.68. The summed E-state index contributed by atoms with van der Waals surface area (Å²) < 4.78 is 6.16. The maximum Gasteiger partial charge on any atom is 0.169 e. The van der Waals surface area contributed by atoms with E-state index in [-0.39, 0.29) is 16.7 Å². The van der Waals surface area contributed by atoms with Crippen molar-refractivity contribution in [3.63, 3.8) is 0 Å². The van der Waals surface area contributed by atoms with Gasteiger partial charge in [-0.1, -0.05) is 55.3 Å². The van der Waals surface area contributed by atoms with Gasteiger partial charge in [0, 0.05) is 23.8 Å². The Kier molecular flexibility index (Phi) is 6.60. The number of allylic oxidation sites excluding steroid dienone is 2. The van der Waals surface area contributed by atoms with Crippen LogP contribution in [0.15, 0.2) is 48.6 Å². The maximum absolute atomic E-state index is 12.5. The van der Waals surface area contributed by atoms with E-state index in [9.17, 15) is 9.90 Å². The Morgan fingerprint density at radius 1 is 1.14 bits per heavy atom. The van der Waals surface area contributed by atoms with Crippen molar-refractivity contribution >= 4 is 17.4 Å². The minimum atomic E-state index is -1.13. The van der Waals surface area contributed by atoms with Crippen LogP contribution in [0.25, 0.3) is 0 Å². The summed E-state index contributed by atoms with van der Waals surface area (Å²) in [6, 6.07) is 7.64. The van der Waals surface area contributed by atoms with Crippen molar-refractivity contribution in [2.24, 2.45) is 40.4 Å². The number of halogens is 1. The molecule has 35 heavy (non-hydrogen) atoms. The van der Waals surface area contributed by atoms with Gasteiger partial charge < -0.3 is 9.84 Å². The van der Waals surface area contributed by atoms with E-state index in [0.717, 1.165) is 31.2 Å². The number of rotatable bonds is 6. The molecular formula is C31H41ClO3. The molecule has 0 bridgehead atoms. The van der Waals surface area contributed by atoms with Crippen LogP contribution < -0.4 is 0 Å². The summed E-state index contributed by atoms with van der Waals surface area (Å²) >= 11 is 6.02. The van der Waals surface area contributed by atoms with E-state index < -0.39 is 5.79 Å². The van der Waals surface area contributed by atoms with Gasteiger partial charge in [0.2, 0.25) is 0 Å². The topological polar surface area (TPSA) is 46.5 Å². The van der Waals surface area contributed by atoms with Crippen molar-refractivity contribution < 1.29 is 14.6 Å². The molecule has 3 saturated carbocycles. The summed E-state index contributed by atoms with van der Waals surface area (Å²) in [5.41, 5.74) is 2.62. The lowest BCUT2D eigenvalue weighted by molar-refractivity contribution is -0.232. The first-order valence-corrected chi connectivity index (χ1v) is 13.9. The number of benzene rings is 1. The van der Waals surface area contributed by atoms with E-state index >= 15 is 0 Å². The van der Waals surface area contributed by atoms with E-state index in [1.54, 1.807) is 6.92 Å². The van der Waals surface area contributed by atoms with Crippen LogP contribution in [0, 0.1) is 40.4 Å².